The summed E-state index contributed by atoms with van der Waals surface area (Å²) in [5.41, 5.74) is 2.47. The van der Waals surface area contributed by atoms with E-state index in [0.29, 0.717) is 0 Å². The Morgan fingerprint density at radius 2 is 1.72 bits per heavy atom. The second kappa shape index (κ2) is 5.13. The third-order valence-electron chi connectivity index (χ3n) is 3.29. The average molecular weight is 239 g/mol. The highest BCUT2D eigenvalue weighted by Crippen LogP contribution is 2.32. The predicted octanol–water partition coefficient (Wildman–Crippen LogP) is 4.01. The zero-order valence-corrected chi connectivity index (χ0v) is 10.3. The van der Waals surface area contributed by atoms with Gasteiger partial charge in [0.2, 0.25) is 0 Å². The molecule has 2 aromatic rings. The average Bonchev–Trinajstić information content (AvgIpc) is 2.63. The summed E-state index contributed by atoms with van der Waals surface area (Å²) in [6.45, 7) is 1.02. The predicted molar refractivity (Wildman–Crippen MR) is 74.0 cm³/mol. The summed E-state index contributed by atoms with van der Waals surface area (Å²) in [5, 5.41) is 3.46. The molecule has 92 valence electrons. The number of ether oxygens (including phenoxy) is 1. The van der Waals surface area contributed by atoms with Crippen molar-refractivity contribution in [2.45, 2.75) is 18.9 Å². The number of hydrogen-bond donors (Lipinski definition) is 1. The lowest BCUT2D eigenvalue weighted by atomic mass is 10.0. The van der Waals surface area contributed by atoms with Gasteiger partial charge in [-0.05, 0) is 31.0 Å². The van der Waals surface area contributed by atoms with Crippen LogP contribution in [-0.2, 0) is 0 Å². The lowest BCUT2D eigenvalue weighted by molar-refractivity contribution is 0.196. The highest BCUT2D eigenvalue weighted by Gasteiger charge is 2.19. The maximum Gasteiger partial charge on any atom is 0.126 e. The molecular weight excluding hydrogens is 222 g/mol. The van der Waals surface area contributed by atoms with E-state index in [4.69, 9.17) is 4.74 Å². The van der Waals surface area contributed by atoms with Gasteiger partial charge in [-0.1, -0.05) is 36.4 Å². The van der Waals surface area contributed by atoms with E-state index in [-0.39, 0.29) is 6.10 Å². The van der Waals surface area contributed by atoms with Gasteiger partial charge in [-0.25, -0.2) is 0 Å². The lowest BCUT2D eigenvalue weighted by Crippen LogP contribution is -2.07. The molecule has 3 rings (SSSR count). The van der Waals surface area contributed by atoms with E-state index in [1.807, 2.05) is 30.3 Å². The van der Waals surface area contributed by atoms with Crippen LogP contribution in [0.2, 0.25) is 0 Å². The van der Waals surface area contributed by atoms with Gasteiger partial charge in [0.05, 0.1) is 0 Å². The summed E-state index contributed by atoms with van der Waals surface area (Å²) in [7, 11) is 0. The first-order valence-corrected chi connectivity index (χ1v) is 6.48. The van der Waals surface area contributed by atoms with Crippen molar-refractivity contribution in [1.82, 2.24) is 0 Å². The van der Waals surface area contributed by atoms with Gasteiger partial charge in [-0.2, -0.15) is 0 Å². The van der Waals surface area contributed by atoms with Crippen molar-refractivity contribution in [1.29, 1.82) is 0 Å². The summed E-state index contributed by atoms with van der Waals surface area (Å²) >= 11 is 0. The van der Waals surface area contributed by atoms with E-state index < -0.39 is 0 Å². The molecule has 0 amide bonds. The molecule has 1 aliphatic heterocycles. The van der Waals surface area contributed by atoms with E-state index >= 15 is 0 Å². The summed E-state index contributed by atoms with van der Waals surface area (Å²) in [4.78, 5) is 0. The molecule has 0 aromatic heterocycles. The number of nitrogens with one attached hydrogen (secondary N) is 1. The van der Waals surface area contributed by atoms with Crippen LogP contribution in [0.25, 0.3) is 0 Å². The number of para-hydroxylation sites is 2. The SMILES string of the molecule is c1ccc(OC2CCCNc3ccccc32)cc1. The Morgan fingerprint density at radius 3 is 2.61 bits per heavy atom. The highest BCUT2D eigenvalue weighted by atomic mass is 16.5. The van der Waals surface area contributed by atoms with E-state index in [1.165, 1.54) is 11.3 Å². The number of rotatable bonds is 2. The van der Waals surface area contributed by atoms with Gasteiger partial charge in [0.25, 0.3) is 0 Å². The van der Waals surface area contributed by atoms with Crippen molar-refractivity contribution >= 4 is 5.69 Å². The van der Waals surface area contributed by atoms with Crippen LogP contribution in [0.5, 0.6) is 5.75 Å². The van der Waals surface area contributed by atoms with E-state index in [2.05, 4.69) is 29.6 Å². The molecular formula is C16H17NO. The maximum absolute atomic E-state index is 6.12. The molecule has 18 heavy (non-hydrogen) atoms. The van der Waals surface area contributed by atoms with Gasteiger partial charge >= 0.3 is 0 Å². The molecule has 0 spiro atoms. The van der Waals surface area contributed by atoms with Gasteiger partial charge in [0.15, 0.2) is 0 Å². The fourth-order valence-corrected chi connectivity index (χ4v) is 2.39. The molecule has 1 atom stereocenters. The van der Waals surface area contributed by atoms with Crippen molar-refractivity contribution in [2.24, 2.45) is 0 Å². The first-order valence-electron chi connectivity index (χ1n) is 6.48. The first-order chi connectivity index (χ1) is 8.93. The Morgan fingerprint density at radius 1 is 0.944 bits per heavy atom. The summed E-state index contributed by atoms with van der Waals surface area (Å²) < 4.78 is 6.12. The van der Waals surface area contributed by atoms with Crippen LogP contribution in [-0.4, -0.2) is 6.54 Å². The largest absolute Gasteiger partial charge is 0.486 e. The number of hydrogen-bond acceptors (Lipinski definition) is 2. The Labute approximate surface area is 108 Å². The number of fused-ring (bicyclic) bond motifs is 1. The third kappa shape index (κ3) is 2.33. The molecule has 0 fully saturated rings. The summed E-state index contributed by atoms with van der Waals surface area (Å²) in [6.07, 6.45) is 2.34. The molecule has 0 saturated heterocycles. The topological polar surface area (TPSA) is 21.3 Å². The molecule has 0 radical (unpaired) electrons. The molecule has 1 heterocycles. The Hall–Kier alpha value is -1.96. The quantitative estimate of drug-likeness (QED) is 0.854. The Bertz CT molecular complexity index is 510. The molecule has 1 aliphatic rings. The van der Waals surface area contributed by atoms with Crippen LogP contribution in [0.15, 0.2) is 54.6 Å². The Balaban J connectivity index is 1.88. The number of benzene rings is 2. The van der Waals surface area contributed by atoms with Gasteiger partial charge in [-0.15, -0.1) is 0 Å². The minimum atomic E-state index is 0.151. The smallest absolute Gasteiger partial charge is 0.126 e. The van der Waals surface area contributed by atoms with Crippen molar-refractivity contribution in [2.75, 3.05) is 11.9 Å². The van der Waals surface area contributed by atoms with Crippen LogP contribution >= 0.6 is 0 Å². The van der Waals surface area contributed by atoms with Crippen LogP contribution < -0.4 is 10.1 Å². The molecule has 1 unspecified atom stereocenters. The van der Waals surface area contributed by atoms with Crippen molar-refractivity contribution in [3.8, 4) is 5.75 Å². The van der Waals surface area contributed by atoms with Gasteiger partial charge < -0.3 is 10.1 Å². The summed E-state index contributed by atoms with van der Waals surface area (Å²) in [6, 6.07) is 18.5. The molecule has 2 heteroatoms. The van der Waals surface area contributed by atoms with Gasteiger partial charge in [0, 0.05) is 17.8 Å². The lowest BCUT2D eigenvalue weighted by Gasteiger charge is -2.19. The van der Waals surface area contributed by atoms with E-state index in [1.54, 1.807) is 0 Å². The normalized spacial score (nSPS) is 18.3. The zero-order chi connectivity index (χ0) is 12.2. The van der Waals surface area contributed by atoms with Gasteiger partial charge in [0.1, 0.15) is 11.9 Å². The highest BCUT2D eigenvalue weighted by molar-refractivity contribution is 5.53. The van der Waals surface area contributed by atoms with Crippen LogP contribution in [0.1, 0.15) is 24.5 Å². The third-order valence-corrected chi connectivity index (χ3v) is 3.29. The van der Waals surface area contributed by atoms with Crippen molar-refractivity contribution in [3.63, 3.8) is 0 Å². The van der Waals surface area contributed by atoms with Gasteiger partial charge in [-0.3, -0.25) is 0 Å². The minimum absolute atomic E-state index is 0.151. The zero-order valence-electron chi connectivity index (χ0n) is 10.3. The molecule has 2 nitrogen and oxygen atoms in total. The fraction of sp³-hybridized carbons (Fsp3) is 0.250. The van der Waals surface area contributed by atoms with Crippen LogP contribution in [0.4, 0.5) is 5.69 Å². The van der Waals surface area contributed by atoms with Crippen molar-refractivity contribution < 1.29 is 4.74 Å². The van der Waals surface area contributed by atoms with Crippen molar-refractivity contribution in [3.05, 3.63) is 60.2 Å². The second-order valence-corrected chi connectivity index (χ2v) is 4.58. The second-order valence-electron chi connectivity index (χ2n) is 4.58. The van der Waals surface area contributed by atoms with Crippen LogP contribution in [0.3, 0.4) is 0 Å². The number of anilines is 1. The molecule has 0 aliphatic carbocycles. The first kappa shape index (κ1) is 11.1. The molecule has 1 N–H and O–H groups in total. The fourth-order valence-electron chi connectivity index (χ4n) is 2.39. The van der Waals surface area contributed by atoms with E-state index in [0.717, 1.165) is 25.1 Å². The maximum atomic E-state index is 6.12. The summed E-state index contributed by atoms with van der Waals surface area (Å²) in [5.74, 6) is 0.944. The van der Waals surface area contributed by atoms with E-state index in [9.17, 15) is 0 Å². The monoisotopic (exact) mass is 239 g/mol. The molecule has 0 bridgehead atoms. The Kier molecular flexibility index (Phi) is 3.18. The molecule has 2 aromatic carbocycles. The molecule has 0 saturated carbocycles. The van der Waals surface area contributed by atoms with Crippen LogP contribution in [0, 0.1) is 0 Å². The standard InChI is InChI=1S/C16H17NO/c1-2-7-13(8-3-1)18-16-11-6-12-17-15-10-5-4-9-14(15)16/h1-5,7-10,16-17H,6,11-12H2. The minimum Gasteiger partial charge on any atom is -0.486 e.